The van der Waals surface area contributed by atoms with Gasteiger partial charge in [-0.05, 0) is 38.0 Å². The summed E-state index contributed by atoms with van der Waals surface area (Å²) in [4.78, 5) is 4.48. The average Bonchev–Trinajstić information content (AvgIpc) is 3.24. The van der Waals surface area contributed by atoms with E-state index < -0.39 is 6.10 Å². The lowest BCUT2D eigenvalue weighted by Gasteiger charge is -2.16. The molecule has 8 heteroatoms. The molecule has 1 aromatic rings. The molecular formula is C20H33N3O5. The standard InChI is InChI=1S/C20H33N3O5/c1-4-21-20(22-9-5-10-28-16-8-11-27-14-16)23-13-18(24)17-12-15(25-2)6-7-19(17)26-3/h6-7,12,16,18,24H,4-5,8-11,13-14H2,1-3H3,(H2,21,22,23). The maximum absolute atomic E-state index is 10.6. The van der Waals surface area contributed by atoms with Crippen LogP contribution in [0.3, 0.4) is 0 Å². The fraction of sp³-hybridized carbons (Fsp3) is 0.650. The van der Waals surface area contributed by atoms with Crippen molar-refractivity contribution in [2.75, 3.05) is 53.7 Å². The number of ether oxygens (including phenoxy) is 4. The number of aliphatic hydroxyl groups excluding tert-OH is 1. The van der Waals surface area contributed by atoms with Gasteiger partial charge in [-0.3, -0.25) is 4.99 Å². The molecule has 158 valence electrons. The first-order chi connectivity index (χ1) is 13.7. The Morgan fingerprint density at radius 3 is 2.86 bits per heavy atom. The van der Waals surface area contributed by atoms with Gasteiger partial charge in [0.25, 0.3) is 0 Å². The van der Waals surface area contributed by atoms with Gasteiger partial charge < -0.3 is 34.7 Å². The summed E-state index contributed by atoms with van der Waals surface area (Å²) in [6, 6.07) is 5.34. The van der Waals surface area contributed by atoms with E-state index in [0.717, 1.165) is 32.5 Å². The molecule has 1 aromatic carbocycles. The highest BCUT2D eigenvalue weighted by atomic mass is 16.5. The van der Waals surface area contributed by atoms with Crippen LogP contribution in [0.15, 0.2) is 23.2 Å². The zero-order valence-corrected chi connectivity index (χ0v) is 17.1. The molecule has 8 nitrogen and oxygen atoms in total. The smallest absolute Gasteiger partial charge is 0.191 e. The van der Waals surface area contributed by atoms with Crippen molar-refractivity contribution in [3.8, 4) is 11.5 Å². The largest absolute Gasteiger partial charge is 0.497 e. The highest BCUT2D eigenvalue weighted by Gasteiger charge is 2.16. The second-order valence-electron chi connectivity index (χ2n) is 6.48. The minimum absolute atomic E-state index is 0.203. The predicted octanol–water partition coefficient (Wildman–Crippen LogP) is 1.49. The van der Waals surface area contributed by atoms with Gasteiger partial charge in [-0.15, -0.1) is 0 Å². The van der Waals surface area contributed by atoms with Crippen LogP contribution in [-0.2, 0) is 9.47 Å². The fourth-order valence-corrected chi connectivity index (χ4v) is 2.89. The molecule has 2 unspecified atom stereocenters. The number of nitrogens with one attached hydrogen (secondary N) is 2. The Balaban J connectivity index is 1.83. The highest BCUT2D eigenvalue weighted by molar-refractivity contribution is 5.79. The number of nitrogens with zero attached hydrogens (tertiary/aromatic N) is 1. The van der Waals surface area contributed by atoms with E-state index in [0.29, 0.717) is 36.2 Å². The van der Waals surface area contributed by atoms with Crippen molar-refractivity contribution in [3.63, 3.8) is 0 Å². The van der Waals surface area contributed by atoms with Gasteiger partial charge in [0.05, 0.1) is 33.5 Å². The average molecular weight is 396 g/mol. The topological polar surface area (TPSA) is 93.6 Å². The molecule has 1 heterocycles. The van der Waals surface area contributed by atoms with Gasteiger partial charge in [0.2, 0.25) is 0 Å². The summed E-state index contributed by atoms with van der Waals surface area (Å²) in [5.41, 5.74) is 0.647. The van der Waals surface area contributed by atoms with Crippen molar-refractivity contribution >= 4 is 5.96 Å². The zero-order chi connectivity index (χ0) is 20.2. The molecule has 0 saturated carbocycles. The molecule has 0 spiro atoms. The van der Waals surface area contributed by atoms with Crippen molar-refractivity contribution in [2.45, 2.75) is 32.0 Å². The van der Waals surface area contributed by atoms with Gasteiger partial charge in [0.1, 0.15) is 17.6 Å². The van der Waals surface area contributed by atoms with Crippen LogP contribution in [0.4, 0.5) is 0 Å². The van der Waals surface area contributed by atoms with Gasteiger partial charge in [0.15, 0.2) is 5.96 Å². The third-order valence-corrected chi connectivity index (χ3v) is 4.42. The number of hydrogen-bond donors (Lipinski definition) is 3. The molecule has 1 aliphatic heterocycles. The molecule has 28 heavy (non-hydrogen) atoms. The lowest BCUT2D eigenvalue weighted by molar-refractivity contribution is 0.0420. The monoisotopic (exact) mass is 395 g/mol. The third-order valence-electron chi connectivity index (χ3n) is 4.42. The molecule has 1 saturated heterocycles. The van der Waals surface area contributed by atoms with E-state index in [1.165, 1.54) is 0 Å². The first-order valence-electron chi connectivity index (χ1n) is 9.79. The van der Waals surface area contributed by atoms with Crippen molar-refractivity contribution in [1.82, 2.24) is 10.6 Å². The second-order valence-corrected chi connectivity index (χ2v) is 6.48. The molecule has 3 N–H and O–H groups in total. The van der Waals surface area contributed by atoms with E-state index in [4.69, 9.17) is 18.9 Å². The number of hydrogen-bond acceptors (Lipinski definition) is 6. The Bertz CT molecular complexity index is 606. The van der Waals surface area contributed by atoms with Crippen LogP contribution >= 0.6 is 0 Å². The zero-order valence-electron chi connectivity index (χ0n) is 17.1. The van der Waals surface area contributed by atoms with Crippen LogP contribution in [0.1, 0.15) is 31.4 Å². The minimum atomic E-state index is -0.800. The Hall–Kier alpha value is -2.03. The van der Waals surface area contributed by atoms with Crippen molar-refractivity contribution in [1.29, 1.82) is 0 Å². The Kier molecular flexibility index (Phi) is 9.88. The lowest BCUT2D eigenvalue weighted by Crippen LogP contribution is -2.38. The normalized spacial score (nSPS) is 18.0. The number of guanidine groups is 1. The number of methoxy groups -OCH3 is 2. The van der Waals surface area contributed by atoms with Crippen LogP contribution in [0.5, 0.6) is 11.5 Å². The summed E-state index contributed by atoms with van der Waals surface area (Å²) in [5, 5.41) is 17.0. The van der Waals surface area contributed by atoms with Gasteiger partial charge >= 0.3 is 0 Å². The predicted molar refractivity (Wildman–Crippen MR) is 108 cm³/mol. The van der Waals surface area contributed by atoms with Gasteiger partial charge in [-0.25, -0.2) is 0 Å². The highest BCUT2D eigenvalue weighted by Crippen LogP contribution is 2.29. The SMILES string of the molecule is CCNC(=NCC(O)c1cc(OC)ccc1OC)NCCCOC1CCOC1. The number of aliphatic imine (C=N–C) groups is 1. The van der Waals surface area contributed by atoms with E-state index in [9.17, 15) is 5.11 Å². The van der Waals surface area contributed by atoms with Crippen LogP contribution in [-0.4, -0.2) is 70.8 Å². The van der Waals surface area contributed by atoms with E-state index >= 15 is 0 Å². The summed E-state index contributed by atoms with van der Waals surface area (Å²) in [6.45, 7) is 5.85. The molecule has 2 rings (SSSR count). The molecular weight excluding hydrogens is 362 g/mol. The van der Waals surface area contributed by atoms with E-state index in [1.807, 2.05) is 6.92 Å². The van der Waals surface area contributed by atoms with Gasteiger partial charge in [0, 0.05) is 31.9 Å². The van der Waals surface area contributed by atoms with Gasteiger partial charge in [-0.2, -0.15) is 0 Å². The van der Waals surface area contributed by atoms with Crippen LogP contribution in [0, 0.1) is 0 Å². The lowest BCUT2D eigenvalue weighted by atomic mass is 10.1. The summed E-state index contributed by atoms with van der Waals surface area (Å²) in [7, 11) is 3.17. The molecule has 0 bridgehead atoms. The van der Waals surface area contributed by atoms with Gasteiger partial charge in [-0.1, -0.05) is 0 Å². The van der Waals surface area contributed by atoms with E-state index in [1.54, 1.807) is 32.4 Å². The Labute approximate surface area is 167 Å². The summed E-state index contributed by atoms with van der Waals surface area (Å²) in [5.74, 6) is 1.93. The van der Waals surface area contributed by atoms with Crippen molar-refractivity contribution in [3.05, 3.63) is 23.8 Å². The summed E-state index contributed by atoms with van der Waals surface area (Å²) in [6.07, 6.45) is 1.28. The Morgan fingerprint density at radius 1 is 1.32 bits per heavy atom. The molecule has 0 radical (unpaired) electrons. The van der Waals surface area contributed by atoms with E-state index in [2.05, 4.69) is 15.6 Å². The van der Waals surface area contributed by atoms with Crippen LogP contribution in [0.25, 0.3) is 0 Å². The maximum Gasteiger partial charge on any atom is 0.191 e. The number of benzene rings is 1. The fourth-order valence-electron chi connectivity index (χ4n) is 2.89. The summed E-state index contributed by atoms with van der Waals surface area (Å²) >= 11 is 0. The molecule has 1 fully saturated rings. The second kappa shape index (κ2) is 12.4. The van der Waals surface area contributed by atoms with Crippen molar-refractivity contribution in [2.24, 2.45) is 4.99 Å². The minimum Gasteiger partial charge on any atom is -0.497 e. The number of aliphatic hydroxyl groups is 1. The quantitative estimate of drug-likeness (QED) is 0.297. The molecule has 1 aliphatic rings. The molecule has 2 atom stereocenters. The molecule has 0 aromatic heterocycles. The summed E-state index contributed by atoms with van der Waals surface area (Å²) < 4.78 is 21.6. The maximum atomic E-state index is 10.6. The number of rotatable bonds is 11. The van der Waals surface area contributed by atoms with Crippen LogP contribution < -0.4 is 20.1 Å². The first kappa shape index (κ1) is 22.3. The van der Waals surface area contributed by atoms with Crippen molar-refractivity contribution < 1.29 is 24.1 Å². The molecule has 0 amide bonds. The first-order valence-corrected chi connectivity index (χ1v) is 9.79. The van der Waals surface area contributed by atoms with Crippen LogP contribution in [0.2, 0.25) is 0 Å². The van der Waals surface area contributed by atoms with E-state index in [-0.39, 0.29) is 12.6 Å². The third kappa shape index (κ3) is 7.18. The Morgan fingerprint density at radius 2 is 2.18 bits per heavy atom. The molecule has 0 aliphatic carbocycles.